The fourth-order valence-electron chi connectivity index (χ4n) is 4.67. The summed E-state index contributed by atoms with van der Waals surface area (Å²) in [6.45, 7) is 11.1. The van der Waals surface area contributed by atoms with Crippen LogP contribution in [-0.4, -0.2) is 28.9 Å². The molecule has 6 nitrogen and oxygen atoms in total. The number of aromatic nitrogens is 1. The lowest BCUT2D eigenvalue weighted by Gasteiger charge is -2.32. The number of ether oxygens (including phenoxy) is 1. The minimum Gasteiger partial charge on any atom is -0.486 e. The predicted molar refractivity (Wildman–Crippen MR) is 153 cm³/mol. The molecular formula is C31H39N3O3S. The molecule has 1 aliphatic rings. The van der Waals surface area contributed by atoms with E-state index < -0.39 is 0 Å². The second-order valence-electron chi connectivity index (χ2n) is 11.4. The number of benzene rings is 2. The van der Waals surface area contributed by atoms with E-state index in [1.807, 2.05) is 36.4 Å². The maximum absolute atomic E-state index is 13.0. The number of rotatable bonds is 8. The van der Waals surface area contributed by atoms with Crippen LogP contribution in [0.3, 0.4) is 0 Å². The Labute approximate surface area is 230 Å². The maximum Gasteiger partial charge on any atom is 0.271 e. The standard InChI is InChI=1S/C31H39N3O3S/c1-20(2)21-12-16-24(17-13-21)37-18-28-32-27(19-38-28)30(36)34-26-9-7-6-8-25(26)33-29(35)22-10-14-23(15-11-22)31(3,4)5/h10-17,19-20,25-26H,6-9,18H2,1-5H3,(H,33,35)(H,34,36)/t25-,26-/m1/s1. The van der Waals surface area contributed by atoms with Crippen molar-refractivity contribution in [1.82, 2.24) is 15.6 Å². The molecule has 0 aliphatic heterocycles. The Hall–Kier alpha value is -3.19. The summed E-state index contributed by atoms with van der Waals surface area (Å²) in [5.41, 5.74) is 3.51. The highest BCUT2D eigenvalue weighted by Gasteiger charge is 2.29. The molecule has 202 valence electrons. The van der Waals surface area contributed by atoms with E-state index in [4.69, 9.17) is 4.74 Å². The molecule has 1 heterocycles. The lowest BCUT2D eigenvalue weighted by atomic mass is 9.86. The number of thiazole rings is 1. The van der Waals surface area contributed by atoms with E-state index in [9.17, 15) is 9.59 Å². The highest BCUT2D eigenvalue weighted by atomic mass is 32.1. The Bertz CT molecular complexity index is 1230. The minimum absolute atomic E-state index is 0.0362. The van der Waals surface area contributed by atoms with Gasteiger partial charge in [0.1, 0.15) is 23.1 Å². The van der Waals surface area contributed by atoms with Gasteiger partial charge in [0, 0.05) is 23.0 Å². The number of amides is 2. The van der Waals surface area contributed by atoms with Crippen LogP contribution in [0, 0.1) is 0 Å². The molecule has 2 amide bonds. The molecule has 2 aromatic carbocycles. The Morgan fingerprint density at radius 3 is 2.13 bits per heavy atom. The lowest BCUT2D eigenvalue weighted by molar-refractivity contribution is 0.0860. The second-order valence-corrected chi connectivity index (χ2v) is 12.4. The molecular weight excluding hydrogens is 494 g/mol. The van der Waals surface area contributed by atoms with Crippen molar-refractivity contribution in [2.75, 3.05) is 0 Å². The number of hydrogen-bond donors (Lipinski definition) is 2. The zero-order valence-electron chi connectivity index (χ0n) is 23.0. The van der Waals surface area contributed by atoms with Gasteiger partial charge in [-0.3, -0.25) is 9.59 Å². The normalized spacial score (nSPS) is 17.7. The van der Waals surface area contributed by atoms with E-state index in [1.54, 1.807) is 5.38 Å². The van der Waals surface area contributed by atoms with Gasteiger partial charge in [0.15, 0.2) is 0 Å². The fraction of sp³-hybridized carbons (Fsp3) is 0.452. The molecule has 7 heteroatoms. The zero-order chi connectivity index (χ0) is 27.3. The average Bonchev–Trinajstić information content (AvgIpc) is 3.38. The van der Waals surface area contributed by atoms with Gasteiger partial charge in [-0.1, -0.05) is 71.7 Å². The van der Waals surface area contributed by atoms with Gasteiger partial charge in [-0.15, -0.1) is 11.3 Å². The van der Waals surface area contributed by atoms with Crippen LogP contribution in [0.4, 0.5) is 0 Å². The molecule has 3 aromatic rings. The van der Waals surface area contributed by atoms with E-state index in [2.05, 4.69) is 62.4 Å². The molecule has 1 aliphatic carbocycles. The summed E-state index contributed by atoms with van der Waals surface area (Å²) in [6.07, 6.45) is 3.70. The monoisotopic (exact) mass is 533 g/mol. The first-order chi connectivity index (χ1) is 18.1. The van der Waals surface area contributed by atoms with Gasteiger partial charge in [0.05, 0.1) is 0 Å². The number of hydrogen-bond acceptors (Lipinski definition) is 5. The topological polar surface area (TPSA) is 80.3 Å². The minimum atomic E-state index is -0.213. The third kappa shape index (κ3) is 7.22. The zero-order valence-corrected chi connectivity index (χ0v) is 23.9. The molecule has 38 heavy (non-hydrogen) atoms. The molecule has 2 atom stereocenters. The van der Waals surface area contributed by atoms with E-state index >= 15 is 0 Å². The lowest BCUT2D eigenvalue weighted by Crippen LogP contribution is -2.53. The Morgan fingerprint density at radius 2 is 1.55 bits per heavy atom. The quantitative estimate of drug-likeness (QED) is 0.341. The van der Waals surface area contributed by atoms with Crippen molar-refractivity contribution in [2.24, 2.45) is 0 Å². The molecule has 0 bridgehead atoms. The summed E-state index contributed by atoms with van der Waals surface area (Å²) >= 11 is 1.41. The van der Waals surface area contributed by atoms with Crippen molar-refractivity contribution >= 4 is 23.2 Å². The van der Waals surface area contributed by atoms with Crippen LogP contribution in [0.2, 0.25) is 0 Å². The summed E-state index contributed by atoms with van der Waals surface area (Å²) < 4.78 is 5.87. The highest BCUT2D eigenvalue weighted by molar-refractivity contribution is 7.09. The van der Waals surface area contributed by atoms with Crippen molar-refractivity contribution in [2.45, 2.75) is 90.3 Å². The van der Waals surface area contributed by atoms with Gasteiger partial charge in [0.2, 0.25) is 0 Å². The smallest absolute Gasteiger partial charge is 0.271 e. The third-order valence-corrected chi connectivity index (χ3v) is 7.93. The van der Waals surface area contributed by atoms with Crippen LogP contribution in [-0.2, 0) is 12.0 Å². The van der Waals surface area contributed by atoms with Crippen LogP contribution in [0.25, 0.3) is 0 Å². The third-order valence-electron chi connectivity index (χ3n) is 7.11. The van der Waals surface area contributed by atoms with Gasteiger partial charge in [-0.05, 0) is 59.6 Å². The molecule has 0 saturated heterocycles. The molecule has 1 saturated carbocycles. The maximum atomic E-state index is 13.0. The predicted octanol–water partition coefficient (Wildman–Crippen LogP) is 6.61. The average molecular weight is 534 g/mol. The molecule has 0 radical (unpaired) electrons. The largest absolute Gasteiger partial charge is 0.486 e. The molecule has 1 aromatic heterocycles. The summed E-state index contributed by atoms with van der Waals surface area (Å²) in [4.78, 5) is 30.5. The highest BCUT2D eigenvalue weighted by Crippen LogP contribution is 2.24. The van der Waals surface area contributed by atoms with Crippen LogP contribution in [0.15, 0.2) is 53.9 Å². The van der Waals surface area contributed by atoms with E-state index in [0.717, 1.165) is 36.4 Å². The van der Waals surface area contributed by atoms with Crippen LogP contribution in [0.5, 0.6) is 5.75 Å². The SMILES string of the molecule is CC(C)c1ccc(OCc2nc(C(=O)N[C@@H]3CCCC[C@H]3NC(=O)c3ccc(C(C)(C)C)cc3)cs2)cc1. The van der Waals surface area contributed by atoms with Gasteiger partial charge in [0.25, 0.3) is 11.8 Å². The number of carbonyl (C=O) groups is 2. The molecule has 4 rings (SSSR count). The van der Waals surface area contributed by atoms with Gasteiger partial charge in [-0.25, -0.2) is 4.98 Å². The van der Waals surface area contributed by atoms with Crippen molar-refractivity contribution < 1.29 is 14.3 Å². The van der Waals surface area contributed by atoms with Crippen molar-refractivity contribution in [1.29, 1.82) is 0 Å². The number of nitrogens with zero attached hydrogens (tertiary/aromatic N) is 1. The van der Waals surface area contributed by atoms with Crippen LogP contribution in [0.1, 0.15) is 103 Å². The molecule has 1 fully saturated rings. The molecule has 0 spiro atoms. The molecule has 0 unspecified atom stereocenters. The van der Waals surface area contributed by atoms with Gasteiger partial charge < -0.3 is 15.4 Å². The van der Waals surface area contributed by atoms with Crippen molar-refractivity contribution in [3.05, 3.63) is 81.3 Å². The summed E-state index contributed by atoms with van der Waals surface area (Å²) in [6, 6.07) is 15.6. The summed E-state index contributed by atoms with van der Waals surface area (Å²) in [5, 5.41) is 8.80. The van der Waals surface area contributed by atoms with Gasteiger partial charge >= 0.3 is 0 Å². The summed E-state index contributed by atoms with van der Waals surface area (Å²) in [5.74, 6) is 0.936. The first-order valence-corrected chi connectivity index (χ1v) is 14.4. The van der Waals surface area contributed by atoms with E-state index in [1.165, 1.54) is 22.5 Å². The number of carbonyl (C=O) groups excluding carboxylic acids is 2. The summed E-state index contributed by atoms with van der Waals surface area (Å²) in [7, 11) is 0. The van der Waals surface area contributed by atoms with Crippen LogP contribution >= 0.6 is 11.3 Å². The van der Waals surface area contributed by atoms with Crippen LogP contribution < -0.4 is 15.4 Å². The second kappa shape index (κ2) is 12.1. The molecule has 2 N–H and O–H groups in total. The van der Waals surface area contributed by atoms with E-state index in [0.29, 0.717) is 23.8 Å². The Kier molecular flexibility index (Phi) is 8.87. The first kappa shape index (κ1) is 27.8. The van der Waals surface area contributed by atoms with E-state index in [-0.39, 0.29) is 29.3 Å². The number of nitrogens with one attached hydrogen (secondary N) is 2. The van der Waals surface area contributed by atoms with Crippen molar-refractivity contribution in [3.63, 3.8) is 0 Å². The fourth-order valence-corrected chi connectivity index (χ4v) is 5.35. The van der Waals surface area contributed by atoms with Crippen molar-refractivity contribution in [3.8, 4) is 5.75 Å². The first-order valence-electron chi connectivity index (χ1n) is 13.5. The Balaban J connectivity index is 1.32. The van der Waals surface area contributed by atoms with Gasteiger partial charge in [-0.2, -0.15) is 0 Å². The Morgan fingerprint density at radius 1 is 0.947 bits per heavy atom.